The molecule has 0 radical (unpaired) electrons. The van der Waals surface area contributed by atoms with Gasteiger partial charge in [0.05, 0.1) is 0 Å². The van der Waals surface area contributed by atoms with Crippen molar-refractivity contribution in [1.82, 2.24) is 4.90 Å². The molecule has 5 fully saturated rings. The summed E-state index contributed by atoms with van der Waals surface area (Å²) in [5.41, 5.74) is -1.56. The fraction of sp³-hybridized carbons (Fsp3) is 0.952. The van der Waals surface area contributed by atoms with Crippen LogP contribution in [0.5, 0.6) is 0 Å². The Morgan fingerprint density at radius 3 is 2.04 bits per heavy atom. The van der Waals surface area contributed by atoms with Gasteiger partial charge in [-0.05, 0) is 87.9 Å². The predicted molar refractivity (Wildman–Crippen MR) is 94.4 cm³/mol. The zero-order valence-electron chi connectivity index (χ0n) is 15.5. The molecule has 1 amide bonds. The summed E-state index contributed by atoms with van der Waals surface area (Å²) in [5.74, 6) is 2.21. The molecule has 5 rings (SSSR count). The zero-order valence-corrected chi connectivity index (χ0v) is 15.5. The maximum atomic E-state index is 15.6. The van der Waals surface area contributed by atoms with Crippen molar-refractivity contribution < 1.29 is 9.18 Å². The highest BCUT2D eigenvalue weighted by molar-refractivity contribution is 5.84. The lowest BCUT2D eigenvalue weighted by Gasteiger charge is -2.58. The van der Waals surface area contributed by atoms with Crippen LogP contribution in [0.1, 0.15) is 84.0 Å². The molecule has 1 atom stereocenters. The van der Waals surface area contributed by atoms with E-state index in [1.807, 2.05) is 7.05 Å². The Kier molecular flexibility index (Phi) is 4.20. The van der Waals surface area contributed by atoms with E-state index < -0.39 is 5.67 Å². The number of halogens is 1. The van der Waals surface area contributed by atoms with Gasteiger partial charge in [0.1, 0.15) is 0 Å². The molecule has 2 nitrogen and oxygen atoms in total. The third-order valence-corrected chi connectivity index (χ3v) is 7.76. The minimum absolute atomic E-state index is 0.126. The van der Waals surface area contributed by atoms with Gasteiger partial charge in [0.2, 0.25) is 0 Å². The third-order valence-electron chi connectivity index (χ3n) is 7.76. The fourth-order valence-corrected chi connectivity index (χ4v) is 7.29. The second-order valence-electron chi connectivity index (χ2n) is 10.00. The molecule has 5 aliphatic rings. The summed E-state index contributed by atoms with van der Waals surface area (Å²) in [7, 11) is 1.84. The first-order valence-electron chi connectivity index (χ1n) is 10.3. The number of nitrogens with zero attached hydrogens (tertiary/aromatic N) is 1. The summed E-state index contributed by atoms with van der Waals surface area (Å²) in [6, 6.07) is 0.262. The number of hydrogen-bond donors (Lipinski definition) is 0. The Hall–Kier alpha value is -0.600. The molecule has 0 heterocycles. The maximum absolute atomic E-state index is 15.6. The van der Waals surface area contributed by atoms with Gasteiger partial charge >= 0.3 is 0 Å². The molecule has 0 spiro atoms. The molecule has 0 aromatic rings. The molecule has 5 saturated carbocycles. The van der Waals surface area contributed by atoms with Gasteiger partial charge in [-0.1, -0.05) is 19.3 Å². The van der Waals surface area contributed by atoms with Crippen LogP contribution >= 0.6 is 0 Å². The van der Waals surface area contributed by atoms with E-state index in [2.05, 4.69) is 0 Å². The number of hydrogen-bond acceptors (Lipinski definition) is 1. The highest BCUT2D eigenvalue weighted by Gasteiger charge is 2.54. The Bertz CT molecular complexity index is 459. The summed E-state index contributed by atoms with van der Waals surface area (Å²) in [6.07, 6.45) is 13.9. The van der Waals surface area contributed by atoms with Crippen LogP contribution in [-0.4, -0.2) is 29.6 Å². The molecule has 0 aromatic carbocycles. The van der Waals surface area contributed by atoms with Crippen molar-refractivity contribution >= 4 is 5.91 Å². The molecule has 0 aromatic heterocycles. The Morgan fingerprint density at radius 2 is 1.54 bits per heavy atom. The average molecular weight is 336 g/mol. The minimum Gasteiger partial charge on any atom is -0.340 e. The van der Waals surface area contributed by atoms with E-state index in [1.165, 1.54) is 57.8 Å². The molecule has 136 valence electrons. The lowest BCUT2D eigenvalue weighted by molar-refractivity contribution is -0.151. The molecule has 1 unspecified atom stereocenters. The standard InChI is InChI=1S/C21H34FNO/c1-20(22,19(24)23(2)18-6-4-3-5-7-18)14-21-11-15-8-16(12-21)10-17(9-15)13-21/h15-18H,3-14H2,1-2H3. The SMILES string of the molecule is CN(C(=O)C(C)(F)CC12CC3CC(CC(C3)C1)C2)C1CCCCC1. The normalized spacial score (nSPS) is 41.2. The lowest BCUT2D eigenvalue weighted by atomic mass is 9.48. The summed E-state index contributed by atoms with van der Waals surface area (Å²) in [4.78, 5) is 14.7. The number of rotatable bonds is 4. The average Bonchev–Trinajstić information content (AvgIpc) is 2.52. The molecule has 4 bridgehead atoms. The van der Waals surface area contributed by atoms with Gasteiger partial charge in [0.25, 0.3) is 5.91 Å². The molecular formula is C21H34FNO. The van der Waals surface area contributed by atoms with E-state index in [0.717, 1.165) is 30.6 Å². The highest BCUT2D eigenvalue weighted by atomic mass is 19.1. The number of amides is 1. The topological polar surface area (TPSA) is 20.3 Å². The largest absolute Gasteiger partial charge is 0.340 e. The van der Waals surface area contributed by atoms with Crippen LogP contribution < -0.4 is 0 Å². The molecule has 0 N–H and O–H groups in total. The van der Waals surface area contributed by atoms with Crippen molar-refractivity contribution in [2.45, 2.75) is 95.7 Å². The first-order chi connectivity index (χ1) is 11.4. The number of carbonyl (C=O) groups excluding carboxylic acids is 1. The van der Waals surface area contributed by atoms with E-state index >= 15 is 4.39 Å². The summed E-state index contributed by atoms with van der Waals surface area (Å²) < 4.78 is 15.6. The van der Waals surface area contributed by atoms with Gasteiger partial charge in [-0.25, -0.2) is 4.39 Å². The van der Waals surface area contributed by atoms with Crippen LogP contribution in [0, 0.1) is 23.2 Å². The van der Waals surface area contributed by atoms with Crippen molar-refractivity contribution in [3.63, 3.8) is 0 Å². The van der Waals surface area contributed by atoms with Crippen molar-refractivity contribution in [1.29, 1.82) is 0 Å². The van der Waals surface area contributed by atoms with Gasteiger partial charge in [-0.2, -0.15) is 0 Å². The monoisotopic (exact) mass is 335 g/mol. The first kappa shape index (κ1) is 16.8. The van der Waals surface area contributed by atoms with Gasteiger partial charge in [-0.3, -0.25) is 4.79 Å². The fourth-order valence-electron chi connectivity index (χ4n) is 7.29. The van der Waals surface area contributed by atoms with Crippen LogP contribution in [0.25, 0.3) is 0 Å². The number of carbonyl (C=O) groups is 1. The summed E-state index contributed by atoms with van der Waals surface area (Å²) >= 11 is 0. The van der Waals surface area contributed by atoms with Crippen molar-refractivity contribution in [3.05, 3.63) is 0 Å². The second-order valence-corrected chi connectivity index (χ2v) is 10.00. The smallest absolute Gasteiger partial charge is 0.259 e. The molecule has 0 saturated heterocycles. The molecule has 0 aliphatic heterocycles. The minimum atomic E-state index is -1.68. The van der Waals surface area contributed by atoms with Gasteiger partial charge in [0, 0.05) is 13.1 Å². The molecule has 5 aliphatic carbocycles. The maximum Gasteiger partial charge on any atom is 0.259 e. The summed E-state index contributed by atoms with van der Waals surface area (Å²) in [5, 5.41) is 0. The van der Waals surface area contributed by atoms with E-state index in [9.17, 15) is 4.79 Å². The Labute approximate surface area is 146 Å². The second kappa shape index (κ2) is 5.99. The molecular weight excluding hydrogens is 301 g/mol. The van der Waals surface area contributed by atoms with Gasteiger partial charge in [0.15, 0.2) is 5.67 Å². The van der Waals surface area contributed by atoms with Crippen LogP contribution in [-0.2, 0) is 4.79 Å². The first-order valence-corrected chi connectivity index (χ1v) is 10.3. The molecule has 3 heteroatoms. The van der Waals surface area contributed by atoms with Crippen molar-refractivity contribution in [2.24, 2.45) is 23.2 Å². The Balaban J connectivity index is 1.45. The van der Waals surface area contributed by atoms with Crippen LogP contribution in [0.2, 0.25) is 0 Å². The van der Waals surface area contributed by atoms with E-state index in [-0.39, 0.29) is 17.4 Å². The predicted octanol–water partition coefficient (Wildman–Crippen LogP) is 5.11. The highest BCUT2D eigenvalue weighted by Crippen LogP contribution is 2.62. The third kappa shape index (κ3) is 3.01. The van der Waals surface area contributed by atoms with Crippen molar-refractivity contribution in [3.8, 4) is 0 Å². The van der Waals surface area contributed by atoms with Crippen LogP contribution in [0.15, 0.2) is 0 Å². The van der Waals surface area contributed by atoms with Gasteiger partial charge in [-0.15, -0.1) is 0 Å². The van der Waals surface area contributed by atoms with E-state index in [4.69, 9.17) is 0 Å². The van der Waals surface area contributed by atoms with Crippen LogP contribution in [0.4, 0.5) is 4.39 Å². The summed E-state index contributed by atoms with van der Waals surface area (Å²) in [6.45, 7) is 1.58. The zero-order chi connectivity index (χ0) is 16.9. The number of alkyl halides is 1. The quantitative estimate of drug-likeness (QED) is 0.699. The Morgan fingerprint density at radius 1 is 1.04 bits per heavy atom. The van der Waals surface area contributed by atoms with E-state index in [0.29, 0.717) is 6.42 Å². The molecule has 24 heavy (non-hydrogen) atoms. The van der Waals surface area contributed by atoms with Gasteiger partial charge < -0.3 is 4.90 Å². The lowest BCUT2D eigenvalue weighted by Crippen LogP contribution is -2.53. The van der Waals surface area contributed by atoms with E-state index in [1.54, 1.807) is 11.8 Å². The van der Waals surface area contributed by atoms with Crippen molar-refractivity contribution in [2.75, 3.05) is 7.05 Å². The van der Waals surface area contributed by atoms with Crippen LogP contribution in [0.3, 0.4) is 0 Å².